The van der Waals surface area contributed by atoms with E-state index >= 15 is 0 Å². The van der Waals surface area contributed by atoms with Gasteiger partial charge in [-0.1, -0.05) is 0 Å². The van der Waals surface area contributed by atoms with Gasteiger partial charge in [0.05, 0.1) is 0 Å². The number of carbonyl (C=O) groups excluding carboxylic acids is 3. The maximum atomic E-state index is 13.0. The fraction of sp³-hybridized carbons (Fsp3) is 0.222. The first-order chi connectivity index (χ1) is 16.2. The molecule has 1 amide bonds. The van der Waals surface area contributed by atoms with Crippen LogP contribution in [0.5, 0.6) is 0 Å². The molecule has 3 aromatic rings. The van der Waals surface area contributed by atoms with Crippen molar-refractivity contribution in [2.45, 2.75) is 24.8 Å². The zero-order chi connectivity index (χ0) is 22.8. The Morgan fingerprint density at radius 3 is 2.27 bits per heavy atom. The number of benzene rings is 3. The standard InChI is InChI=1S/C27H23NO4Se/c29-16-18-8-1-6-14-25(18)33-26(30)24-13-7-15-28(24)27(31)32-17-23-21-11-4-2-9-19(21)20-10-3-5-12-22(20)23/h1-6,8-12,14,16,23-24H,7,13,15,17H2/t24-/m1/s1. The summed E-state index contributed by atoms with van der Waals surface area (Å²) >= 11 is -0.533. The van der Waals surface area contributed by atoms with E-state index in [0.717, 1.165) is 28.3 Å². The molecule has 1 heterocycles. The third kappa shape index (κ3) is 4.12. The van der Waals surface area contributed by atoms with Crippen LogP contribution in [-0.4, -0.2) is 56.1 Å². The molecule has 1 saturated heterocycles. The number of fused-ring (bicyclic) bond motifs is 3. The average Bonchev–Trinajstić information content (AvgIpc) is 3.47. The third-order valence-corrected chi connectivity index (χ3v) is 8.59. The van der Waals surface area contributed by atoms with E-state index in [1.54, 1.807) is 17.0 Å². The summed E-state index contributed by atoms with van der Waals surface area (Å²) in [5, 5.41) is 0. The van der Waals surface area contributed by atoms with Crippen molar-refractivity contribution < 1.29 is 19.1 Å². The number of hydrogen-bond acceptors (Lipinski definition) is 4. The fourth-order valence-corrected chi connectivity index (χ4v) is 6.81. The van der Waals surface area contributed by atoms with Crippen LogP contribution in [0.4, 0.5) is 4.79 Å². The van der Waals surface area contributed by atoms with Crippen LogP contribution >= 0.6 is 0 Å². The summed E-state index contributed by atoms with van der Waals surface area (Å²) in [7, 11) is 0. The van der Waals surface area contributed by atoms with E-state index in [0.29, 0.717) is 18.5 Å². The first kappa shape index (κ1) is 21.6. The van der Waals surface area contributed by atoms with Crippen molar-refractivity contribution in [3.05, 3.63) is 89.5 Å². The number of aldehydes is 1. The molecule has 2 aliphatic rings. The van der Waals surface area contributed by atoms with Crippen LogP contribution in [0.3, 0.4) is 0 Å². The molecule has 0 unspecified atom stereocenters. The summed E-state index contributed by atoms with van der Waals surface area (Å²) in [6, 6.07) is 23.1. The molecule has 166 valence electrons. The van der Waals surface area contributed by atoms with Crippen molar-refractivity contribution in [1.29, 1.82) is 0 Å². The van der Waals surface area contributed by atoms with Gasteiger partial charge in [0.1, 0.15) is 0 Å². The Morgan fingerprint density at radius 1 is 0.939 bits per heavy atom. The zero-order valence-electron chi connectivity index (χ0n) is 18.0. The van der Waals surface area contributed by atoms with Crippen LogP contribution in [0.15, 0.2) is 72.8 Å². The summed E-state index contributed by atoms with van der Waals surface area (Å²) in [5.74, 6) is -0.0122. The SMILES string of the molecule is O=Cc1ccccc1[Se]C(=O)[C@H]1CCCN1C(=O)OCC1c2ccccc2-c2ccccc21. The van der Waals surface area contributed by atoms with Gasteiger partial charge in [0.2, 0.25) is 0 Å². The van der Waals surface area contributed by atoms with Gasteiger partial charge in [-0.15, -0.1) is 0 Å². The molecule has 33 heavy (non-hydrogen) atoms. The van der Waals surface area contributed by atoms with E-state index in [2.05, 4.69) is 24.3 Å². The van der Waals surface area contributed by atoms with Crippen LogP contribution in [0, 0.1) is 0 Å². The van der Waals surface area contributed by atoms with E-state index in [4.69, 9.17) is 4.74 Å². The van der Waals surface area contributed by atoms with Gasteiger partial charge < -0.3 is 0 Å². The predicted molar refractivity (Wildman–Crippen MR) is 127 cm³/mol. The second-order valence-electron chi connectivity index (χ2n) is 8.23. The molecule has 5 nitrogen and oxygen atoms in total. The molecule has 3 aromatic carbocycles. The molecule has 1 aliphatic heterocycles. The molecule has 0 aromatic heterocycles. The summed E-state index contributed by atoms with van der Waals surface area (Å²) < 4.78 is 6.54. The molecule has 1 aliphatic carbocycles. The molecule has 0 bridgehead atoms. The van der Waals surface area contributed by atoms with E-state index in [1.807, 2.05) is 36.4 Å². The van der Waals surface area contributed by atoms with Crippen LogP contribution in [0.2, 0.25) is 0 Å². The summed E-state index contributed by atoms with van der Waals surface area (Å²) in [5.41, 5.74) is 5.22. The van der Waals surface area contributed by atoms with Gasteiger partial charge in [0, 0.05) is 0 Å². The Morgan fingerprint density at radius 2 is 1.58 bits per heavy atom. The second kappa shape index (κ2) is 9.34. The van der Waals surface area contributed by atoms with Crippen molar-refractivity contribution in [3.8, 4) is 11.1 Å². The van der Waals surface area contributed by atoms with Crippen molar-refractivity contribution in [2.24, 2.45) is 0 Å². The third-order valence-electron chi connectivity index (χ3n) is 6.35. The molecule has 0 radical (unpaired) electrons. The maximum absolute atomic E-state index is 13.0. The molecule has 6 heteroatoms. The molecule has 0 N–H and O–H groups in total. The molecule has 0 saturated carbocycles. The number of ether oxygens (including phenoxy) is 1. The fourth-order valence-electron chi connectivity index (χ4n) is 4.75. The normalized spacial score (nSPS) is 16.8. The molecule has 1 atom stereocenters. The number of rotatable bonds is 6. The first-order valence-electron chi connectivity index (χ1n) is 11.0. The molecular formula is C27H23NO4Se. The Hall–Kier alpha value is -3.21. The zero-order valence-corrected chi connectivity index (χ0v) is 19.7. The average molecular weight is 504 g/mol. The Labute approximate surface area is 198 Å². The van der Waals surface area contributed by atoms with Crippen LogP contribution in [0.1, 0.15) is 40.2 Å². The van der Waals surface area contributed by atoms with Crippen LogP contribution in [-0.2, 0) is 9.53 Å². The van der Waals surface area contributed by atoms with E-state index in [9.17, 15) is 14.4 Å². The van der Waals surface area contributed by atoms with E-state index in [-0.39, 0.29) is 17.2 Å². The number of amides is 1. The van der Waals surface area contributed by atoms with Gasteiger partial charge in [-0.25, -0.2) is 0 Å². The molecule has 5 rings (SSSR count). The minimum atomic E-state index is -0.533. The number of likely N-dealkylation sites (tertiary alicyclic amines) is 1. The second-order valence-corrected chi connectivity index (χ2v) is 10.4. The van der Waals surface area contributed by atoms with Gasteiger partial charge in [-0.3, -0.25) is 0 Å². The van der Waals surface area contributed by atoms with Crippen LogP contribution in [0.25, 0.3) is 11.1 Å². The van der Waals surface area contributed by atoms with Gasteiger partial charge in [-0.05, 0) is 0 Å². The Balaban J connectivity index is 1.28. The molecule has 1 fully saturated rings. The van der Waals surface area contributed by atoms with Crippen molar-refractivity contribution >= 4 is 36.5 Å². The topological polar surface area (TPSA) is 63.7 Å². The van der Waals surface area contributed by atoms with Gasteiger partial charge in [0.25, 0.3) is 0 Å². The Bertz CT molecular complexity index is 1180. The van der Waals surface area contributed by atoms with Gasteiger partial charge in [0.15, 0.2) is 0 Å². The molecular weight excluding hydrogens is 481 g/mol. The quantitative estimate of drug-likeness (QED) is 0.379. The van der Waals surface area contributed by atoms with E-state index in [1.165, 1.54) is 11.1 Å². The monoisotopic (exact) mass is 505 g/mol. The number of carbonyl (C=O) groups is 3. The number of nitrogens with zero attached hydrogens (tertiary/aromatic N) is 1. The van der Waals surface area contributed by atoms with Crippen molar-refractivity contribution in [3.63, 3.8) is 0 Å². The summed E-state index contributed by atoms with van der Waals surface area (Å²) in [4.78, 5) is 38.9. The van der Waals surface area contributed by atoms with Crippen molar-refractivity contribution in [2.75, 3.05) is 13.2 Å². The van der Waals surface area contributed by atoms with Crippen LogP contribution < -0.4 is 4.46 Å². The molecule has 0 spiro atoms. The van der Waals surface area contributed by atoms with Gasteiger partial charge in [-0.2, -0.15) is 0 Å². The van der Waals surface area contributed by atoms with Gasteiger partial charge >= 0.3 is 199 Å². The summed E-state index contributed by atoms with van der Waals surface area (Å²) in [6.45, 7) is 0.752. The first-order valence-corrected chi connectivity index (χ1v) is 12.8. The predicted octanol–water partition coefficient (Wildman–Crippen LogP) is 3.77. The minimum absolute atomic E-state index is 0.00260. The van der Waals surface area contributed by atoms with E-state index < -0.39 is 27.1 Å². The number of hydrogen-bond donors (Lipinski definition) is 0. The Kier molecular flexibility index (Phi) is 6.12. The summed E-state index contributed by atoms with van der Waals surface area (Å²) in [6.07, 6.45) is 1.75. The van der Waals surface area contributed by atoms with Crippen molar-refractivity contribution in [1.82, 2.24) is 4.90 Å².